The van der Waals surface area contributed by atoms with Crippen LogP contribution in [-0.2, 0) is 6.54 Å². The Labute approximate surface area is 107 Å². The number of aromatic nitrogens is 2. The fraction of sp³-hybridized carbons (Fsp3) is 0.667. The molecular weight excluding hydrogens is 228 g/mol. The van der Waals surface area contributed by atoms with Crippen molar-refractivity contribution >= 4 is 11.6 Å². The number of nitrogens with zero attached hydrogens (tertiary/aromatic N) is 4. The lowest BCUT2D eigenvalue weighted by Crippen LogP contribution is -2.27. The van der Waals surface area contributed by atoms with Crippen LogP contribution in [0.5, 0.6) is 0 Å². The maximum absolute atomic E-state index is 9.16. The van der Waals surface area contributed by atoms with Crippen LogP contribution >= 0.6 is 0 Å². The summed E-state index contributed by atoms with van der Waals surface area (Å²) in [6.07, 6.45) is 3.54. The lowest BCUT2D eigenvalue weighted by Gasteiger charge is -2.26. The molecule has 0 atom stereocenters. The molecular formula is C12H20N6. The maximum Gasteiger partial charge on any atom is 0.168 e. The molecule has 0 amide bonds. The summed E-state index contributed by atoms with van der Waals surface area (Å²) in [7, 11) is 4.00. The molecule has 0 aliphatic heterocycles. The number of nitrogen functional groups attached to an aromatic ring is 1. The summed E-state index contributed by atoms with van der Waals surface area (Å²) >= 11 is 0. The molecule has 6 nitrogen and oxygen atoms in total. The van der Waals surface area contributed by atoms with E-state index < -0.39 is 0 Å². The van der Waals surface area contributed by atoms with Gasteiger partial charge in [0.2, 0.25) is 0 Å². The van der Waals surface area contributed by atoms with E-state index in [2.05, 4.69) is 21.4 Å². The van der Waals surface area contributed by atoms with Gasteiger partial charge in [0.25, 0.3) is 0 Å². The van der Waals surface area contributed by atoms with Crippen LogP contribution in [0, 0.1) is 11.3 Å². The molecule has 0 bridgehead atoms. The molecule has 0 aromatic carbocycles. The molecule has 0 unspecified atom stereocenters. The molecule has 2 rings (SSSR count). The third kappa shape index (κ3) is 2.57. The van der Waals surface area contributed by atoms with Gasteiger partial charge < -0.3 is 16.0 Å². The highest BCUT2D eigenvalue weighted by molar-refractivity contribution is 5.64. The van der Waals surface area contributed by atoms with Crippen molar-refractivity contribution in [2.45, 2.75) is 31.8 Å². The minimum atomic E-state index is 0.452. The smallest absolute Gasteiger partial charge is 0.168 e. The Bertz CT molecular complexity index is 452. The number of nitriles is 1. The van der Waals surface area contributed by atoms with Gasteiger partial charge in [-0.3, -0.25) is 0 Å². The van der Waals surface area contributed by atoms with Crippen LogP contribution in [0.3, 0.4) is 0 Å². The van der Waals surface area contributed by atoms with Gasteiger partial charge in [-0.2, -0.15) is 10.4 Å². The number of hydrogen-bond acceptors (Lipinski definition) is 5. The van der Waals surface area contributed by atoms with Gasteiger partial charge in [-0.1, -0.05) is 0 Å². The van der Waals surface area contributed by atoms with Crippen molar-refractivity contribution in [3.05, 3.63) is 5.56 Å². The highest BCUT2D eigenvalue weighted by Gasteiger charge is 2.22. The van der Waals surface area contributed by atoms with Crippen LogP contribution in [0.4, 0.5) is 11.6 Å². The Morgan fingerprint density at radius 3 is 2.78 bits per heavy atom. The number of nitrogens with one attached hydrogen (secondary N) is 1. The van der Waals surface area contributed by atoms with Gasteiger partial charge in [0.05, 0.1) is 6.54 Å². The molecule has 1 fully saturated rings. The van der Waals surface area contributed by atoms with Crippen molar-refractivity contribution in [1.29, 1.82) is 5.26 Å². The molecule has 1 aliphatic carbocycles. The molecule has 1 aromatic rings. The van der Waals surface area contributed by atoms with Crippen LogP contribution in [0.25, 0.3) is 0 Å². The molecule has 18 heavy (non-hydrogen) atoms. The standard InChI is InChI=1S/C12H20N6/c1-17(2)6-7-18-11(14)10(8-13)12(16-18)15-9-4-3-5-9/h9H,3-7,14H2,1-2H3,(H,15,16). The van der Waals surface area contributed by atoms with Crippen molar-refractivity contribution < 1.29 is 0 Å². The lowest BCUT2D eigenvalue weighted by molar-refractivity contribution is 0.375. The summed E-state index contributed by atoms with van der Waals surface area (Å²) in [4.78, 5) is 2.06. The van der Waals surface area contributed by atoms with Gasteiger partial charge in [-0.25, -0.2) is 4.68 Å². The van der Waals surface area contributed by atoms with E-state index in [-0.39, 0.29) is 0 Å². The first-order chi connectivity index (χ1) is 8.61. The minimum absolute atomic E-state index is 0.452. The van der Waals surface area contributed by atoms with Gasteiger partial charge in [0.1, 0.15) is 17.5 Å². The molecule has 1 saturated carbocycles. The van der Waals surface area contributed by atoms with Crippen molar-refractivity contribution in [2.75, 3.05) is 31.7 Å². The highest BCUT2D eigenvalue weighted by atomic mass is 15.4. The first-order valence-corrected chi connectivity index (χ1v) is 6.29. The maximum atomic E-state index is 9.16. The number of likely N-dealkylation sites (N-methyl/N-ethyl adjacent to an activating group) is 1. The molecule has 0 saturated heterocycles. The van der Waals surface area contributed by atoms with Crippen molar-refractivity contribution in [1.82, 2.24) is 14.7 Å². The molecule has 1 aliphatic rings. The first kappa shape index (κ1) is 12.7. The third-order valence-corrected chi connectivity index (χ3v) is 3.31. The summed E-state index contributed by atoms with van der Waals surface area (Å²) in [6.45, 7) is 1.54. The molecule has 0 spiro atoms. The minimum Gasteiger partial charge on any atom is -0.383 e. The third-order valence-electron chi connectivity index (χ3n) is 3.31. The first-order valence-electron chi connectivity index (χ1n) is 6.29. The second-order valence-electron chi connectivity index (χ2n) is 5.02. The zero-order chi connectivity index (χ0) is 13.1. The predicted molar refractivity (Wildman–Crippen MR) is 71.2 cm³/mol. The average Bonchev–Trinajstić information content (AvgIpc) is 2.57. The molecule has 98 valence electrons. The zero-order valence-electron chi connectivity index (χ0n) is 11.0. The highest BCUT2D eigenvalue weighted by Crippen LogP contribution is 2.26. The largest absolute Gasteiger partial charge is 0.383 e. The van der Waals surface area contributed by atoms with E-state index in [4.69, 9.17) is 11.0 Å². The quantitative estimate of drug-likeness (QED) is 0.807. The van der Waals surface area contributed by atoms with E-state index in [1.54, 1.807) is 4.68 Å². The monoisotopic (exact) mass is 248 g/mol. The number of nitrogens with two attached hydrogens (primary N) is 1. The Morgan fingerprint density at radius 2 is 2.28 bits per heavy atom. The van der Waals surface area contributed by atoms with E-state index in [0.29, 0.717) is 29.8 Å². The van der Waals surface area contributed by atoms with Crippen LogP contribution < -0.4 is 11.1 Å². The summed E-state index contributed by atoms with van der Waals surface area (Å²) in [5.74, 6) is 1.10. The summed E-state index contributed by atoms with van der Waals surface area (Å²) in [5, 5.41) is 16.9. The van der Waals surface area contributed by atoms with Gasteiger partial charge in [-0.05, 0) is 33.4 Å². The zero-order valence-corrected chi connectivity index (χ0v) is 11.0. The van der Waals surface area contributed by atoms with Crippen molar-refractivity contribution in [3.8, 4) is 6.07 Å². The van der Waals surface area contributed by atoms with E-state index in [0.717, 1.165) is 19.4 Å². The normalized spacial score (nSPS) is 15.4. The summed E-state index contributed by atoms with van der Waals surface area (Å²) < 4.78 is 1.71. The van der Waals surface area contributed by atoms with E-state index >= 15 is 0 Å². The Hall–Kier alpha value is -1.74. The topological polar surface area (TPSA) is 82.9 Å². The van der Waals surface area contributed by atoms with Crippen LogP contribution in [0.1, 0.15) is 24.8 Å². The molecule has 3 N–H and O–H groups in total. The Balaban J connectivity index is 2.13. The predicted octanol–water partition coefficient (Wildman–Crippen LogP) is 0.863. The number of anilines is 2. The summed E-state index contributed by atoms with van der Waals surface area (Å²) in [6, 6.07) is 2.59. The fourth-order valence-electron chi connectivity index (χ4n) is 1.90. The molecule has 1 aromatic heterocycles. The van der Waals surface area contributed by atoms with Crippen LogP contribution in [0.2, 0.25) is 0 Å². The van der Waals surface area contributed by atoms with E-state index in [9.17, 15) is 0 Å². The van der Waals surface area contributed by atoms with Crippen molar-refractivity contribution in [3.63, 3.8) is 0 Å². The van der Waals surface area contributed by atoms with E-state index in [1.807, 2.05) is 14.1 Å². The molecule has 0 radical (unpaired) electrons. The Morgan fingerprint density at radius 1 is 1.56 bits per heavy atom. The van der Waals surface area contributed by atoms with E-state index in [1.165, 1.54) is 6.42 Å². The SMILES string of the molecule is CN(C)CCn1nc(NC2CCC2)c(C#N)c1N. The van der Waals surface area contributed by atoms with Gasteiger partial charge >= 0.3 is 0 Å². The van der Waals surface area contributed by atoms with Gasteiger partial charge in [-0.15, -0.1) is 0 Å². The number of rotatable bonds is 5. The van der Waals surface area contributed by atoms with Crippen LogP contribution in [0.15, 0.2) is 0 Å². The fourth-order valence-corrected chi connectivity index (χ4v) is 1.90. The van der Waals surface area contributed by atoms with Crippen LogP contribution in [-0.4, -0.2) is 41.4 Å². The van der Waals surface area contributed by atoms with Gasteiger partial charge in [0.15, 0.2) is 5.82 Å². The number of hydrogen-bond donors (Lipinski definition) is 2. The molecule has 6 heteroatoms. The summed E-state index contributed by atoms with van der Waals surface area (Å²) in [5.41, 5.74) is 6.43. The second-order valence-corrected chi connectivity index (χ2v) is 5.02. The Kier molecular flexibility index (Phi) is 3.72. The van der Waals surface area contributed by atoms with Gasteiger partial charge in [0, 0.05) is 12.6 Å². The molecule has 1 heterocycles. The average molecular weight is 248 g/mol. The second kappa shape index (κ2) is 5.27. The van der Waals surface area contributed by atoms with Crippen molar-refractivity contribution in [2.24, 2.45) is 0 Å². The lowest BCUT2D eigenvalue weighted by atomic mass is 9.93.